The van der Waals surface area contributed by atoms with Crippen molar-refractivity contribution in [2.45, 2.75) is 52.2 Å². The molecule has 1 heterocycles. The van der Waals surface area contributed by atoms with E-state index in [0.29, 0.717) is 17.0 Å². The zero-order valence-electron chi connectivity index (χ0n) is 17.7. The topological polar surface area (TPSA) is 90.9 Å². The van der Waals surface area contributed by atoms with Crippen LogP contribution in [-0.2, 0) is 15.9 Å². The summed E-state index contributed by atoms with van der Waals surface area (Å²) in [7, 11) is 0. The first-order valence-corrected chi connectivity index (χ1v) is 9.65. The van der Waals surface area contributed by atoms with E-state index in [9.17, 15) is 19.6 Å². The number of hydrogen-bond donors (Lipinski definition) is 2. The highest BCUT2D eigenvalue weighted by Gasteiger charge is 2.31. The van der Waals surface area contributed by atoms with Gasteiger partial charge in [-0.15, -0.1) is 0 Å². The Morgan fingerprint density at radius 1 is 1.27 bits per heavy atom. The van der Waals surface area contributed by atoms with Crippen LogP contribution >= 0.6 is 0 Å². The van der Waals surface area contributed by atoms with Crippen molar-refractivity contribution in [3.63, 3.8) is 0 Å². The Balaban J connectivity index is 1.98. The predicted molar refractivity (Wildman–Crippen MR) is 113 cm³/mol. The SMILES string of the molecule is Cc1cc2nc(NC(=O)C[C@@](C)(O)c3ccccc3F)n(C(C)(C)C)c2cc1C#N. The average Bonchev–Trinajstić information content (AvgIpc) is 2.97. The van der Waals surface area contributed by atoms with Gasteiger partial charge >= 0.3 is 0 Å². The molecule has 7 heteroatoms. The lowest BCUT2D eigenvalue weighted by Gasteiger charge is -2.26. The minimum Gasteiger partial charge on any atom is -0.385 e. The van der Waals surface area contributed by atoms with Crippen LogP contribution in [0.25, 0.3) is 11.0 Å². The average molecular weight is 408 g/mol. The molecule has 0 aliphatic heterocycles. The lowest BCUT2D eigenvalue weighted by molar-refractivity contribution is -0.120. The number of aryl methyl sites for hydroxylation is 1. The smallest absolute Gasteiger partial charge is 0.229 e. The van der Waals surface area contributed by atoms with Crippen molar-refractivity contribution in [2.75, 3.05) is 5.32 Å². The third-order valence-electron chi connectivity index (χ3n) is 5.00. The second-order valence-corrected chi connectivity index (χ2v) is 8.69. The number of aromatic nitrogens is 2. The highest BCUT2D eigenvalue weighted by molar-refractivity contribution is 5.92. The highest BCUT2D eigenvalue weighted by atomic mass is 19.1. The summed E-state index contributed by atoms with van der Waals surface area (Å²) in [6.07, 6.45) is -0.343. The van der Waals surface area contributed by atoms with Crippen LogP contribution in [0.5, 0.6) is 0 Å². The summed E-state index contributed by atoms with van der Waals surface area (Å²) < 4.78 is 15.9. The standard InChI is InChI=1S/C23H25FN4O2/c1-14-10-18-19(11-15(14)13-25)28(22(2,3)4)21(26-18)27-20(29)12-23(5,30)16-8-6-7-9-17(16)24/h6-11,30H,12H2,1-5H3,(H,26,27,29)/t23-/m1/s1. The molecule has 0 bridgehead atoms. The van der Waals surface area contributed by atoms with Crippen LogP contribution in [0.3, 0.4) is 0 Å². The Morgan fingerprint density at radius 2 is 1.93 bits per heavy atom. The number of halogens is 1. The maximum atomic E-state index is 14.1. The van der Waals surface area contributed by atoms with Gasteiger partial charge in [0, 0.05) is 11.1 Å². The lowest BCUT2D eigenvalue weighted by atomic mass is 9.92. The summed E-state index contributed by atoms with van der Waals surface area (Å²) in [6.45, 7) is 9.12. The number of aliphatic hydroxyl groups is 1. The van der Waals surface area contributed by atoms with Gasteiger partial charge in [-0.25, -0.2) is 9.37 Å². The summed E-state index contributed by atoms with van der Waals surface area (Å²) in [4.78, 5) is 17.3. The molecule has 0 radical (unpaired) electrons. The van der Waals surface area contributed by atoms with Gasteiger partial charge in [0.15, 0.2) is 0 Å². The van der Waals surface area contributed by atoms with Gasteiger partial charge in [-0.3, -0.25) is 10.1 Å². The van der Waals surface area contributed by atoms with Crippen molar-refractivity contribution in [1.82, 2.24) is 9.55 Å². The second-order valence-electron chi connectivity index (χ2n) is 8.69. The number of hydrogen-bond acceptors (Lipinski definition) is 4. The van der Waals surface area contributed by atoms with Gasteiger partial charge in [-0.2, -0.15) is 5.26 Å². The molecule has 1 atom stereocenters. The Hall–Kier alpha value is -3.24. The zero-order chi connectivity index (χ0) is 22.3. The molecule has 0 aliphatic rings. The van der Waals surface area contributed by atoms with Crippen LogP contribution in [-0.4, -0.2) is 20.6 Å². The van der Waals surface area contributed by atoms with E-state index in [1.165, 1.54) is 25.1 Å². The van der Waals surface area contributed by atoms with Gasteiger partial charge in [0.1, 0.15) is 5.82 Å². The van der Waals surface area contributed by atoms with Crippen molar-refractivity contribution in [3.05, 3.63) is 58.9 Å². The van der Waals surface area contributed by atoms with E-state index in [0.717, 1.165) is 11.1 Å². The van der Waals surface area contributed by atoms with E-state index in [1.54, 1.807) is 18.2 Å². The highest BCUT2D eigenvalue weighted by Crippen LogP contribution is 2.31. The minimum atomic E-state index is -1.68. The van der Waals surface area contributed by atoms with Crippen LogP contribution in [0.15, 0.2) is 36.4 Å². The molecule has 0 unspecified atom stereocenters. The number of anilines is 1. The van der Waals surface area contributed by atoms with E-state index in [4.69, 9.17) is 0 Å². The Morgan fingerprint density at radius 3 is 2.53 bits per heavy atom. The number of carbonyl (C=O) groups is 1. The number of nitrogens with one attached hydrogen (secondary N) is 1. The third kappa shape index (κ3) is 4.05. The number of fused-ring (bicyclic) bond motifs is 1. The molecular weight excluding hydrogens is 383 g/mol. The number of carbonyl (C=O) groups excluding carboxylic acids is 1. The van der Waals surface area contributed by atoms with Crippen LogP contribution in [0, 0.1) is 24.1 Å². The summed E-state index contributed by atoms with van der Waals surface area (Å²) >= 11 is 0. The molecule has 0 saturated carbocycles. The Kier molecular flexibility index (Phi) is 5.40. The monoisotopic (exact) mass is 408 g/mol. The molecule has 0 saturated heterocycles. The predicted octanol–water partition coefficient (Wildman–Crippen LogP) is 4.35. The van der Waals surface area contributed by atoms with Gasteiger partial charge in [0.25, 0.3) is 0 Å². The molecule has 0 fully saturated rings. The molecule has 1 amide bonds. The fourth-order valence-corrected chi connectivity index (χ4v) is 3.59. The van der Waals surface area contributed by atoms with E-state index < -0.39 is 22.9 Å². The number of rotatable bonds is 4. The molecule has 1 aromatic heterocycles. The molecule has 6 nitrogen and oxygen atoms in total. The number of nitrogens with zero attached hydrogens (tertiary/aromatic N) is 3. The molecular formula is C23H25FN4O2. The third-order valence-corrected chi connectivity index (χ3v) is 5.00. The van der Waals surface area contributed by atoms with Crippen LogP contribution in [0.2, 0.25) is 0 Å². The zero-order valence-corrected chi connectivity index (χ0v) is 17.7. The molecule has 0 spiro atoms. The quantitative estimate of drug-likeness (QED) is 0.672. The second kappa shape index (κ2) is 7.54. The summed E-state index contributed by atoms with van der Waals surface area (Å²) in [6, 6.07) is 11.6. The number of nitriles is 1. The van der Waals surface area contributed by atoms with Crippen molar-refractivity contribution in [2.24, 2.45) is 0 Å². The van der Waals surface area contributed by atoms with Gasteiger partial charge < -0.3 is 9.67 Å². The Labute approximate surface area is 175 Å². The maximum Gasteiger partial charge on any atom is 0.229 e. The molecule has 2 aromatic carbocycles. The number of imidazole rings is 1. The van der Waals surface area contributed by atoms with Crippen molar-refractivity contribution in [3.8, 4) is 6.07 Å². The largest absolute Gasteiger partial charge is 0.385 e. The van der Waals surface area contributed by atoms with Crippen LogP contribution < -0.4 is 5.32 Å². The normalized spacial score (nSPS) is 13.7. The lowest BCUT2D eigenvalue weighted by Crippen LogP contribution is -2.31. The van der Waals surface area contributed by atoms with E-state index in [-0.39, 0.29) is 12.0 Å². The van der Waals surface area contributed by atoms with Gasteiger partial charge in [-0.1, -0.05) is 18.2 Å². The molecule has 156 valence electrons. The fraction of sp³-hybridized carbons (Fsp3) is 0.348. The van der Waals surface area contributed by atoms with Crippen molar-refractivity contribution in [1.29, 1.82) is 5.26 Å². The fourth-order valence-electron chi connectivity index (χ4n) is 3.59. The molecule has 3 rings (SSSR count). The van der Waals surface area contributed by atoms with E-state index in [1.807, 2.05) is 32.3 Å². The van der Waals surface area contributed by atoms with Gasteiger partial charge in [0.2, 0.25) is 11.9 Å². The van der Waals surface area contributed by atoms with Crippen LogP contribution in [0.4, 0.5) is 10.3 Å². The number of benzene rings is 2. The van der Waals surface area contributed by atoms with Crippen molar-refractivity contribution < 1.29 is 14.3 Å². The molecule has 30 heavy (non-hydrogen) atoms. The first-order chi connectivity index (χ1) is 13.9. The molecule has 3 aromatic rings. The van der Waals surface area contributed by atoms with E-state index >= 15 is 0 Å². The summed E-state index contributed by atoms with van der Waals surface area (Å²) in [5.41, 5.74) is 0.640. The van der Waals surface area contributed by atoms with Gasteiger partial charge in [0.05, 0.1) is 34.7 Å². The number of amides is 1. The van der Waals surface area contributed by atoms with Crippen molar-refractivity contribution >= 4 is 22.9 Å². The molecule has 2 N–H and O–H groups in total. The summed E-state index contributed by atoms with van der Waals surface area (Å²) in [5, 5.41) is 22.9. The Bertz CT molecular complexity index is 1170. The van der Waals surface area contributed by atoms with Crippen LogP contribution in [0.1, 0.15) is 50.8 Å². The molecule has 0 aliphatic carbocycles. The van der Waals surface area contributed by atoms with E-state index in [2.05, 4.69) is 16.4 Å². The first kappa shape index (κ1) is 21.5. The minimum absolute atomic E-state index is 0.0544. The first-order valence-electron chi connectivity index (χ1n) is 9.65. The van der Waals surface area contributed by atoms with Gasteiger partial charge in [-0.05, 0) is 58.4 Å². The summed E-state index contributed by atoms with van der Waals surface area (Å²) in [5.74, 6) is -0.764. The maximum absolute atomic E-state index is 14.1.